The number of aliphatic hydroxyl groups is 1. The third-order valence-corrected chi connectivity index (χ3v) is 6.28. The summed E-state index contributed by atoms with van der Waals surface area (Å²) >= 11 is 0. The lowest BCUT2D eigenvalue weighted by atomic mass is 10.1. The minimum atomic E-state index is -0.716. The normalized spacial score (nSPS) is 12.3. The van der Waals surface area contributed by atoms with E-state index in [4.69, 9.17) is 4.98 Å². The molecule has 10 nitrogen and oxygen atoms in total. The fourth-order valence-corrected chi connectivity index (χ4v) is 4.41. The smallest absolute Gasteiger partial charge is 0.161 e. The van der Waals surface area contributed by atoms with Gasteiger partial charge in [0.1, 0.15) is 23.1 Å². The number of nitrogens with zero attached hydrogens (tertiary/aromatic N) is 6. The molecule has 1 atom stereocenters. The predicted octanol–water partition coefficient (Wildman–Crippen LogP) is 5.08. The molecule has 6 rings (SSSR count). The van der Waals surface area contributed by atoms with E-state index in [9.17, 15) is 5.11 Å². The summed E-state index contributed by atoms with van der Waals surface area (Å²) in [5.41, 5.74) is 4.73. The number of fused-ring (bicyclic) bond motifs is 2. The molecule has 6 heterocycles. The Morgan fingerprint density at radius 3 is 2.76 bits per heavy atom. The van der Waals surface area contributed by atoms with Crippen molar-refractivity contribution in [2.24, 2.45) is 0 Å². The van der Waals surface area contributed by atoms with E-state index in [-0.39, 0.29) is 11.1 Å². The van der Waals surface area contributed by atoms with Crippen LogP contribution in [0.25, 0.3) is 56.0 Å². The fourth-order valence-electron chi connectivity index (χ4n) is 4.41. The maximum absolute atomic E-state index is 16.0. The van der Waals surface area contributed by atoms with Crippen molar-refractivity contribution in [3.05, 3.63) is 67.3 Å². The highest BCUT2D eigenvalue weighted by Gasteiger charge is 2.21. The van der Waals surface area contributed by atoms with Gasteiger partial charge in [0.2, 0.25) is 0 Å². The van der Waals surface area contributed by atoms with Crippen molar-refractivity contribution in [1.29, 1.82) is 0 Å². The zero-order valence-corrected chi connectivity index (χ0v) is 20.5. The number of aromatic nitrogens is 8. The lowest BCUT2D eigenvalue weighted by Gasteiger charge is -2.14. The first-order valence-electron chi connectivity index (χ1n) is 12.3. The molecule has 0 radical (unpaired) electrons. The van der Waals surface area contributed by atoms with Crippen LogP contribution in [-0.4, -0.2) is 51.4 Å². The number of aromatic amines is 2. The van der Waals surface area contributed by atoms with E-state index in [1.54, 1.807) is 30.9 Å². The first kappa shape index (κ1) is 23.6. The van der Waals surface area contributed by atoms with Crippen molar-refractivity contribution in [2.45, 2.75) is 32.4 Å². The largest absolute Gasteiger partial charge is 0.374 e. The van der Waals surface area contributed by atoms with Crippen LogP contribution < -0.4 is 5.32 Å². The highest BCUT2D eigenvalue weighted by Crippen LogP contribution is 2.34. The molecule has 0 aliphatic rings. The summed E-state index contributed by atoms with van der Waals surface area (Å²) < 4.78 is 16.0. The van der Waals surface area contributed by atoms with Gasteiger partial charge < -0.3 is 15.4 Å². The Morgan fingerprint density at radius 2 is 1.92 bits per heavy atom. The Bertz CT molecular complexity index is 1730. The van der Waals surface area contributed by atoms with E-state index in [2.05, 4.69) is 47.4 Å². The highest BCUT2D eigenvalue weighted by atomic mass is 19.1. The molecule has 0 saturated heterocycles. The van der Waals surface area contributed by atoms with Gasteiger partial charge in [0, 0.05) is 29.7 Å². The molecule has 0 amide bonds. The maximum Gasteiger partial charge on any atom is 0.161 e. The number of imidazole rings is 1. The van der Waals surface area contributed by atoms with Gasteiger partial charge in [-0.2, -0.15) is 5.10 Å². The van der Waals surface area contributed by atoms with E-state index in [0.717, 1.165) is 24.1 Å². The molecule has 0 spiro atoms. The highest BCUT2D eigenvalue weighted by molar-refractivity contribution is 5.97. The number of H-pyrrole nitrogens is 2. The first-order chi connectivity index (χ1) is 18.6. The summed E-state index contributed by atoms with van der Waals surface area (Å²) in [5, 5.41) is 20.7. The predicted molar refractivity (Wildman–Crippen MR) is 142 cm³/mol. The third kappa shape index (κ3) is 4.33. The van der Waals surface area contributed by atoms with E-state index < -0.39 is 12.0 Å². The second kappa shape index (κ2) is 9.94. The lowest BCUT2D eigenvalue weighted by molar-refractivity contribution is 0.190. The molecule has 6 aromatic rings. The minimum Gasteiger partial charge on any atom is -0.374 e. The Hall–Kier alpha value is -4.77. The SMILES string of the molecule is CCCCC(O)Nc1cncc(-c2ncc3[nH]nc(-c4nc5c(-c6ccccn6)cncc5[nH]4)c3c2F)c1. The molecule has 190 valence electrons. The quantitative estimate of drug-likeness (QED) is 0.208. The monoisotopic (exact) mass is 509 g/mol. The van der Waals surface area contributed by atoms with Crippen molar-refractivity contribution in [1.82, 2.24) is 40.1 Å². The Labute approximate surface area is 216 Å². The van der Waals surface area contributed by atoms with Crippen LogP contribution in [-0.2, 0) is 0 Å². The topological polar surface area (TPSA) is 141 Å². The first-order valence-corrected chi connectivity index (χ1v) is 12.3. The average molecular weight is 510 g/mol. The molecule has 1 unspecified atom stereocenters. The van der Waals surface area contributed by atoms with Crippen LogP contribution >= 0.6 is 0 Å². The van der Waals surface area contributed by atoms with Crippen molar-refractivity contribution in [2.75, 3.05) is 5.32 Å². The zero-order chi connectivity index (χ0) is 26.1. The van der Waals surface area contributed by atoms with Crippen molar-refractivity contribution < 1.29 is 9.50 Å². The average Bonchev–Trinajstić information content (AvgIpc) is 3.57. The second-order valence-electron chi connectivity index (χ2n) is 8.93. The van der Waals surface area contributed by atoms with Crippen LogP contribution in [0.4, 0.5) is 10.1 Å². The maximum atomic E-state index is 16.0. The van der Waals surface area contributed by atoms with Crippen LogP contribution in [0.2, 0.25) is 0 Å². The second-order valence-corrected chi connectivity index (χ2v) is 8.93. The molecule has 0 fully saturated rings. The summed E-state index contributed by atoms with van der Waals surface area (Å²) in [7, 11) is 0. The van der Waals surface area contributed by atoms with Gasteiger partial charge >= 0.3 is 0 Å². The molecule has 38 heavy (non-hydrogen) atoms. The molecule has 6 aromatic heterocycles. The molecule has 0 saturated carbocycles. The number of aliphatic hydroxyl groups excluding tert-OH is 1. The zero-order valence-electron chi connectivity index (χ0n) is 20.5. The van der Waals surface area contributed by atoms with Crippen LogP contribution in [0.1, 0.15) is 26.2 Å². The van der Waals surface area contributed by atoms with E-state index in [1.807, 2.05) is 18.2 Å². The van der Waals surface area contributed by atoms with Crippen molar-refractivity contribution in [3.63, 3.8) is 0 Å². The van der Waals surface area contributed by atoms with Gasteiger partial charge in [-0.05, 0) is 31.0 Å². The van der Waals surface area contributed by atoms with E-state index >= 15 is 4.39 Å². The number of unbranched alkanes of at least 4 members (excludes halogenated alkanes) is 1. The number of hydrogen-bond acceptors (Lipinski definition) is 8. The van der Waals surface area contributed by atoms with Gasteiger partial charge in [-0.25, -0.2) is 9.37 Å². The molecule has 0 aliphatic heterocycles. The number of nitrogens with one attached hydrogen (secondary N) is 3. The molecule has 4 N–H and O–H groups in total. The van der Waals surface area contributed by atoms with Gasteiger partial charge in [0.15, 0.2) is 11.6 Å². The van der Waals surface area contributed by atoms with Crippen molar-refractivity contribution in [3.8, 4) is 34.0 Å². The van der Waals surface area contributed by atoms with Gasteiger partial charge in [0.25, 0.3) is 0 Å². The fraction of sp³-hybridized carbons (Fsp3) is 0.185. The summed E-state index contributed by atoms with van der Waals surface area (Å²) in [6.07, 6.45) is 11.5. The molecule has 0 aliphatic carbocycles. The van der Waals surface area contributed by atoms with Gasteiger partial charge in [-0.1, -0.05) is 19.4 Å². The number of rotatable bonds is 8. The number of halogens is 1. The van der Waals surface area contributed by atoms with E-state index in [1.165, 1.54) is 12.4 Å². The summed E-state index contributed by atoms with van der Waals surface area (Å²) in [5.74, 6) is -0.166. The Morgan fingerprint density at radius 1 is 1.03 bits per heavy atom. The van der Waals surface area contributed by atoms with Crippen LogP contribution in [0, 0.1) is 5.82 Å². The van der Waals surface area contributed by atoms with Crippen molar-refractivity contribution >= 4 is 27.6 Å². The molecule has 11 heteroatoms. The Balaban J connectivity index is 1.41. The summed E-state index contributed by atoms with van der Waals surface area (Å²) in [6.45, 7) is 2.06. The minimum absolute atomic E-state index is 0.117. The molecule has 0 aromatic carbocycles. The number of pyridine rings is 4. The Kier molecular flexibility index (Phi) is 6.18. The van der Waals surface area contributed by atoms with Gasteiger partial charge in [0.05, 0.1) is 46.4 Å². The third-order valence-electron chi connectivity index (χ3n) is 6.28. The van der Waals surface area contributed by atoms with Crippen LogP contribution in [0.15, 0.2) is 61.4 Å². The standard InChI is InChI=1S/C27H24FN9O/c1-2-3-7-21(38)33-16-9-15(10-29-11-16)24-23(28)22-19(14-32-24)36-37-26(22)27-34-20-13-30-12-17(25(20)35-27)18-6-4-5-8-31-18/h4-6,8-14,21,33,38H,2-3,7H2,1H3,(H,34,35)(H,36,37). The van der Waals surface area contributed by atoms with Crippen LogP contribution in [0.5, 0.6) is 0 Å². The van der Waals surface area contributed by atoms with E-state index in [0.29, 0.717) is 45.7 Å². The molecule has 0 bridgehead atoms. The molecular formula is C27H24FN9O. The number of anilines is 1. The van der Waals surface area contributed by atoms with Gasteiger partial charge in [-0.15, -0.1) is 0 Å². The lowest BCUT2D eigenvalue weighted by Crippen LogP contribution is -2.18. The summed E-state index contributed by atoms with van der Waals surface area (Å²) in [4.78, 5) is 25.2. The van der Waals surface area contributed by atoms with Crippen LogP contribution in [0.3, 0.4) is 0 Å². The summed E-state index contributed by atoms with van der Waals surface area (Å²) in [6, 6.07) is 7.33. The molecular weight excluding hydrogens is 485 g/mol. The van der Waals surface area contributed by atoms with Gasteiger partial charge in [-0.3, -0.25) is 25.0 Å². The number of hydrogen-bond donors (Lipinski definition) is 4.